The number of aliphatic hydroxyl groups is 2. The fourth-order valence-electron chi connectivity index (χ4n) is 1.42. The number of rotatable bonds is 2. The number of β-amino-alcohol motifs (C(OH)–C–C–N with tert-alkyl or cyclic N) is 1. The van der Waals surface area contributed by atoms with E-state index in [4.69, 9.17) is 5.11 Å². The van der Waals surface area contributed by atoms with Crippen LogP contribution in [0.5, 0.6) is 0 Å². The second-order valence-corrected chi connectivity index (χ2v) is 3.10. The fourth-order valence-corrected chi connectivity index (χ4v) is 1.42. The highest BCUT2D eigenvalue weighted by Gasteiger charge is 2.31. The molecule has 0 aromatic heterocycles. The van der Waals surface area contributed by atoms with Gasteiger partial charge in [-0.1, -0.05) is 0 Å². The minimum absolute atomic E-state index is 0.279. The smallest absolute Gasteiger partial charge is 0.239 e. The summed E-state index contributed by atoms with van der Waals surface area (Å²) in [6.07, 6.45) is -4.70. The van der Waals surface area contributed by atoms with Gasteiger partial charge in [0.15, 0.2) is 0 Å². The number of halogens is 2. The average Bonchev–Trinajstić information content (AvgIpc) is 1.98. The van der Waals surface area contributed by atoms with Crippen molar-refractivity contribution >= 4 is 0 Å². The van der Waals surface area contributed by atoms with Crippen LogP contribution in [-0.2, 0) is 0 Å². The molecular weight excluding hydrogens is 168 g/mol. The molecule has 3 N–H and O–H groups in total. The lowest BCUT2D eigenvalue weighted by Crippen LogP contribution is -2.50. The molecule has 0 radical (unpaired) electrons. The SMILES string of the molecule is OC1CNC[C@H](CC(F)F)[C@H]1O. The van der Waals surface area contributed by atoms with E-state index in [1.54, 1.807) is 0 Å². The highest BCUT2D eigenvalue weighted by molar-refractivity contribution is 4.84. The Balaban J connectivity index is 2.41. The number of nitrogens with one attached hydrogen (secondary N) is 1. The monoisotopic (exact) mass is 181 g/mol. The second kappa shape index (κ2) is 4.11. The van der Waals surface area contributed by atoms with Crippen molar-refractivity contribution < 1.29 is 19.0 Å². The van der Waals surface area contributed by atoms with Gasteiger partial charge in [-0.05, 0) is 0 Å². The third-order valence-corrected chi connectivity index (χ3v) is 2.12. The quantitative estimate of drug-likeness (QED) is 0.542. The molecule has 1 aliphatic rings. The van der Waals surface area contributed by atoms with E-state index in [9.17, 15) is 13.9 Å². The molecule has 0 spiro atoms. The standard InChI is InChI=1S/C7H13F2NO2/c8-6(9)1-4-2-10-3-5(11)7(4)12/h4-7,10-12H,1-3H2/t4-,5?,7+/m0/s1. The van der Waals surface area contributed by atoms with Gasteiger partial charge in [-0.25, -0.2) is 8.78 Å². The minimum Gasteiger partial charge on any atom is -0.390 e. The van der Waals surface area contributed by atoms with E-state index in [-0.39, 0.29) is 13.0 Å². The molecule has 1 saturated heterocycles. The average molecular weight is 181 g/mol. The van der Waals surface area contributed by atoms with Gasteiger partial charge in [0.25, 0.3) is 0 Å². The molecule has 72 valence electrons. The van der Waals surface area contributed by atoms with Crippen LogP contribution in [0.25, 0.3) is 0 Å². The summed E-state index contributed by atoms with van der Waals surface area (Å²) in [5.41, 5.74) is 0. The molecule has 1 unspecified atom stereocenters. The third kappa shape index (κ3) is 2.36. The van der Waals surface area contributed by atoms with Crippen molar-refractivity contribution in [3.8, 4) is 0 Å². The Morgan fingerprint density at radius 2 is 2.00 bits per heavy atom. The molecule has 5 heteroatoms. The van der Waals surface area contributed by atoms with E-state index in [0.717, 1.165) is 0 Å². The maximum absolute atomic E-state index is 11.9. The van der Waals surface area contributed by atoms with E-state index in [1.807, 2.05) is 0 Å². The lowest BCUT2D eigenvalue weighted by molar-refractivity contribution is -0.0509. The van der Waals surface area contributed by atoms with Gasteiger partial charge in [0.05, 0.1) is 12.2 Å². The lowest BCUT2D eigenvalue weighted by atomic mass is 9.91. The Morgan fingerprint density at radius 1 is 1.33 bits per heavy atom. The van der Waals surface area contributed by atoms with Crippen molar-refractivity contribution in [3.05, 3.63) is 0 Å². The normalized spacial score (nSPS) is 37.2. The van der Waals surface area contributed by atoms with Crippen molar-refractivity contribution in [2.45, 2.75) is 25.1 Å². The van der Waals surface area contributed by atoms with Crippen LogP contribution in [0.2, 0.25) is 0 Å². The highest BCUT2D eigenvalue weighted by Crippen LogP contribution is 2.19. The maximum atomic E-state index is 11.9. The second-order valence-electron chi connectivity index (χ2n) is 3.10. The summed E-state index contributed by atoms with van der Waals surface area (Å²) in [6, 6.07) is 0. The number of aliphatic hydroxyl groups excluding tert-OH is 2. The van der Waals surface area contributed by atoms with Gasteiger partial charge in [0.2, 0.25) is 6.43 Å². The summed E-state index contributed by atoms with van der Waals surface area (Å²) in [4.78, 5) is 0. The molecule has 0 aromatic carbocycles. The number of hydrogen-bond acceptors (Lipinski definition) is 3. The predicted molar refractivity (Wildman–Crippen MR) is 39.0 cm³/mol. The Bertz CT molecular complexity index is 145. The predicted octanol–water partition coefficient (Wildman–Crippen LogP) is -0.417. The molecule has 3 nitrogen and oxygen atoms in total. The summed E-state index contributed by atoms with van der Waals surface area (Å²) in [6.45, 7) is 0.628. The zero-order valence-electron chi connectivity index (χ0n) is 6.58. The maximum Gasteiger partial charge on any atom is 0.239 e. The van der Waals surface area contributed by atoms with Gasteiger partial charge in [-0.2, -0.15) is 0 Å². The van der Waals surface area contributed by atoms with Crippen LogP contribution < -0.4 is 5.32 Å². The Morgan fingerprint density at radius 3 is 2.58 bits per heavy atom. The highest BCUT2D eigenvalue weighted by atomic mass is 19.3. The third-order valence-electron chi connectivity index (χ3n) is 2.12. The molecule has 1 heterocycles. The number of hydrogen-bond donors (Lipinski definition) is 3. The van der Waals surface area contributed by atoms with Crippen molar-refractivity contribution in [2.24, 2.45) is 5.92 Å². The molecule has 0 amide bonds. The summed E-state index contributed by atoms with van der Waals surface area (Å²) in [5, 5.41) is 21.1. The van der Waals surface area contributed by atoms with Gasteiger partial charge in [-0.3, -0.25) is 0 Å². The zero-order valence-corrected chi connectivity index (χ0v) is 6.58. The van der Waals surface area contributed by atoms with Crippen LogP contribution in [0.3, 0.4) is 0 Å². The van der Waals surface area contributed by atoms with Gasteiger partial charge >= 0.3 is 0 Å². The van der Waals surface area contributed by atoms with Crippen molar-refractivity contribution in [1.29, 1.82) is 0 Å². The number of piperidine rings is 1. The lowest BCUT2D eigenvalue weighted by Gasteiger charge is -2.32. The zero-order chi connectivity index (χ0) is 9.14. The van der Waals surface area contributed by atoms with Crippen LogP contribution in [0, 0.1) is 5.92 Å². The molecule has 1 aliphatic heterocycles. The van der Waals surface area contributed by atoms with Gasteiger partial charge in [0.1, 0.15) is 0 Å². The topological polar surface area (TPSA) is 52.5 Å². The number of alkyl halides is 2. The summed E-state index contributed by atoms with van der Waals surface area (Å²) < 4.78 is 23.8. The Labute approximate surface area is 69.4 Å². The molecule has 0 bridgehead atoms. The van der Waals surface area contributed by atoms with Crippen molar-refractivity contribution in [1.82, 2.24) is 5.32 Å². The van der Waals surface area contributed by atoms with E-state index in [2.05, 4.69) is 5.32 Å². The molecule has 1 fully saturated rings. The fraction of sp³-hybridized carbons (Fsp3) is 1.00. The minimum atomic E-state index is -2.42. The molecular formula is C7H13F2NO2. The summed E-state index contributed by atoms with van der Waals surface area (Å²) in [5.74, 6) is -0.534. The van der Waals surface area contributed by atoms with Gasteiger partial charge in [-0.15, -0.1) is 0 Å². The molecule has 3 atom stereocenters. The first kappa shape index (κ1) is 9.83. The Kier molecular flexibility index (Phi) is 3.37. The summed E-state index contributed by atoms with van der Waals surface area (Å²) >= 11 is 0. The van der Waals surface area contributed by atoms with Crippen molar-refractivity contribution in [3.63, 3.8) is 0 Å². The van der Waals surface area contributed by atoms with Crippen LogP contribution in [0.1, 0.15) is 6.42 Å². The van der Waals surface area contributed by atoms with Crippen LogP contribution >= 0.6 is 0 Å². The summed E-state index contributed by atoms with van der Waals surface area (Å²) in [7, 11) is 0. The van der Waals surface area contributed by atoms with Gasteiger partial charge in [0, 0.05) is 25.4 Å². The van der Waals surface area contributed by atoms with Crippen LogP contribution in [0.4, 0.5) is 8.78 Å². The van der Waals surface area contributed by atoms with Crippen LogP contribution in [-0.4, -0.2) is 41.9 Å². The van der Waals surface area contributed by atoms with E-state index in [0.29, 0.717) is 6.54 Å². The van der Waals surface area contributed by atoms with Crippen molar-refractivity contribution in [2.75, 3.05) is 13.1 Å². The molecule has 12 heavy (non-hydrogen) atoms. The molecule has 0 saturated carbocycles. The van der Waals surface area contributed by atoms with Gasteiger partial charge < -0.3 is 15.5 Å². The van der Waals surface area contributed by atoms with E-state index < -0.39 is 24.6 Å². The first-order valence-electron chi connectivity index (χ1n) is 3.96. The Hall–Kier alpha value is -0.260. The van der Waals surface area contributed by atoms with E-state index in [1.165, 1.54) is 0 Å². The largest absolute Gasteiger partial charge is 0.390 e. The first-order valence-corrected chi connectivity index (χ1v) is 3.96. The molecule has 0 aliphatic carbocycles. The first-order chi connectivity index (χ1) is 5.61. The molecule has 0 aromatic rings. The molecule has 1 rings (SSSR count). The van der Waals surface area contributed by atoms with Crippen LogP contribution in [0.15, 0.2) is 0 Å². The van der Waals surface area contributed by atoms with E-state index >= 15 is 0 Å².